The first-order chi connectivity index (χ1) is 19.3. The molecule has 200 valence electrons. The molecule has 0 spiro atoms. The molecule has 5 rings (SSSR count). The van der Waals surface area contributed by atoms with E-state index in [0.717, 1.165) is 28.3 Å². The smallest absolute Gasteiger partial charge is 0.337 e. The van der Waals surface area contributed by atoms with Gasteiger partial charge in [0.15, 0.2) is 11.6 Å². The highest BCUT2D eigenvalue weighted by atomic mass is 35.5. The molecule has 0 radical (unpaired) electrons. The monoisotopic (exact) mass is 574 g/mol. The Bertz CT molecular complexity index is 1710. The summed E-state index contributed by atoms with van der Waals surface area (Å²) in [4.78, 5) is 16.6. The molecule has 40 heavy (non-hydrogen) atoms. The van der Waals surface area contributed by atoms with E-state index >= 15 is 0 Å². The van der Waals surface area contributed by atoms with Gasteiger partial charge in [0.2, 0.25) is 0 Å². The summed E-state index contributed by atoms with van der Waals surface area (Å²) in [5, 5.41) is 1.02. The molecule has 0 saturated heterocycles. The number of hydrogen-bond donors (Lipinski definition) is 0. The predicted molar refractivity (Wildman–Crippen MR) is 155 cm³/mol. The molecular weight excluding hydrogens is 553 g/mol. The van der Waals surface area contributed by atoms with Crippen molar-refractivity contribution in [1.82, 2.24) is 9.55 Å². The quantitative estimate of drug-likeness (QED) is 0.182. The molecule has 1 aromatic heterocycles. The third kappa shape index (κ3) is 6.14. The Labute approximate surface area is 240 Å². The van der Waals surface area contributed by atoms with E-state index in [0.29, 0.717) is 39.2 Å². The van der Waals surface area contributed by atoms with Gasteiger partial charge < -0.3 is 9.30 Å². The van der Waals surface area contributed by atoms with Crippen LogP contribution in [0, 0.1) is 11.6 Å². The standard InChI is InChI=1S/C32H22Cl2F2N2O2/c1-40-32(39)23-9-4-21(5-10-23)18-38-19-30(26-13-12-25(33)17-27(26)34)37-31(38)15-6-20-2-7-22(8-3-20)24-11-14-28(35)29(36)16-24/h2-17,19H,18H2,1H3/b15-6+. The number of benzene rings is 4. The number of carbonyl (C=O) groups is 1. The minimum absolute atomic E-state index is 0.395. The average molecular weight is 575 g/mol. The second-order valence-corrected chi connectivity index (χ2v) is 9.85. The molecule has 5 aromatic rings. The highest BCUT2D eigenvalue weighted by Crippen LogP contribution is 2.30. The number of methoxy groups -OCH3 is 1. The van der Waals surface area contributed by atoms with Crippen molar-refractivity contribution in [2.24, 2.45) is 0 Å². The molecule has 0 bridgehead atoms. The summed E-state index contributed by atoms with van der Waals surface area (Å²) in [5.41, 5.74) is 5.12. The zero-order chi connectivity index (χ0) is 28.2. The molecule has 0 N–H and O–H groups in total. The van der Waals surface area contributed by atoms with Crippen molar-refractivity contribution in [3.8, 4) is 22.4 Å². The average Bonchev–Trinajstić information content (AvgIpc) is 3.35. The van der Waals surface area contributed by atoms with Gasteiger partial charge in [0.1, 0.15) is 5.82 Å². The largest absolute Gasteiger partial charge is 0.465 e. The van der Waals surface area contributed by atoms with Gasteiger partial charge in [-0.2, -0.15) is 0 Å². The number of aromatic nitrogens is 2. The zero-order valence-corrected chi connectivity index (χ0v) is 22.8. The third-order valence-corrected chi connectivity index (χ3v) is 6.88. The lowest BCUT2D eigenvalue weighted by Crippen LogP contribution is -2.03. The Hall–Kier alpha value is -4.26. The van der Waals surface area contributed by atoms with E-state index in [1.165, 1.54) is 13.2 Å². The number of rotatable bonds is 7. The van der Waals surface area contributed by atoms with Crippen molar-refractivity contribution in [3.63, 3.8) is 0 Å². The molecule has 8 heteroatoms. The third-order valence-electron chi connectivity index (χ3n) is 6.33. The number of halogens is 4. The number of hydrogen-bond acceptors (Lipinski definition) is 3. The van der Waals surface area contributed by atoms with Crippen molar-refractivity contribution < 1.29 is 18.3 Å². The first-order valence-corrected chi connectivity index (χ1v) is 13.0. The van der Waals surface area contributed by atoms with Crippen LogP contribution in [0.15, 0.2) is 91.1 Å². The fourth-order valence-electron chi connectivity index (χ4n) is 4.21. The maximum atomic E-state index is 13.7. The van der Waals surface area contributed by atoms with Crippen LogP contribution in [0.3, 0.4) is 0 Å². The van der Waals surface area contributed by atoms with Crippen LogP contribution in [0.5, 0.6) is 0 Å². The molecule has 4 nitrogen and oxygen atoms in total. The van der Waals surface area contributed by atoms with Gasteiger partial charge in [-0.15, -0.1) is 0 Å². The van der Waals surface area contributed by atoms with Crippen LogP contribution in [0.25, 0.3) is 34.5 Å². The van der Waals surface area contributed by atoms with E-state index in [1.54, 1.807) is 30.3 Å². The van der Waals surface area contributed by atoms with Gasteiger partial charge in [0.05, 0.1) is 23.4 Å². The first-order valence-electron chi connectivity index (χ1n) is 12.2. The summed E-state index contributed by atoms with van der Waals surface area (Å²) >= 11 is 12.6. The van der Waals surface area contributed by atoms with Crippen LogP contribution in [-0.4, -0.2) is 22.6 Å². The Morgan fingerprint density at radius 1 is 0.875 bits per heavy atom. The topological polar surface area (TPSA) is 44.1 Å². The fraction of sp³-hybridized carbons (Fsp3) is 0.0625. The summed E-state index contributed by atoms with van der Waals surface area (Å²) in [6, 6.07) is 23.8. The summed E-state index contributed by atoms with van der Waals surface area (Å²) in [6.07, 6.45) is 5.72. The summed E-state index contributed by atoms with van der Waals surface area (Å²) in [6.45, 7) is 0.494. The number of carbonyl (C=O) groups excluding carboxylic acids is 1. The minimum Gasteiger partial charge on any atom is -0.465 e. The van der Waals surface area contributed by atoms with Crippen LogP contribution in [0.1, 0.15) is 27.3 Å². The molecule has 0 fully saturated rings. The van der Waals surface area contributed by atoms with Crippen molar-refractivity contribution in [2.75, 3.05) is 7.11 Å². The lowest BCUT2D eigenvalue weighted by Gasteiger charge is -2.07. The highest BCUT2D eigenvalue weighted by Gasteiger charge is 2.13. The maximum Gasteiger partial charge on any atom is 0.337 e. The van der Waals surface area contributed by atoms with Gasteiger partial charge in [0, 0.05) is 23.3 Å². The van der Waals surface area contributed by atoms with Crippen molar-refractivity contribution in [2.45, 2.75) is 6.54 Å². The second kappa shape index (κ2) is 11.9. The number of ether oxygens (including phenoxy) is 1. The fourth-order valence-corrected chi connectivity index (χ4v) is 4.72. The molecule has 1 heterocycles. The van der Waals surface area contributed by atoms with E-state index in [1.807, 2.05) is 65.4 Å². The number of nitrogens with zero attached hydrogens (tertiary/aromatic N) is 2. The van der Waals surface area contributed by atoms with Gasteiger partial charge >= 0.3 is 5.97 Å². The molecule has 0 aliphatic rings. The van der Waals surface area contributed by atoms with E-state index in [2.05, 4.69) is 0 Å². The first kappa shape index (κ1) is 27.3. The van der Waals surface area contributed by atoms with E-state index < -0.39 is 17.6 Å². The van der Waals surface area contributed by atoms with Gasteiger partial charge in [-0.1, -0.05) is 71.7 Å². The van der Waals surface area contributed by atoms with Crippen LogP contribution < -0.4 is 0 Å². The Morgan fingerprint density at radius 3 is 2.27 bits per heavy atom. The van der Waals surface area contributed by atoms with E-state index in [-0.39, 0.29) is 0 Å². The Morgan fingerprint density at radius 2 is 1.60 bits per heavy atom. The zero-order valence-electron chi connectivity index (χ0n) is 21.2. The summed E-state index contributed by atoms with van der Waals surface area (Å²) in [5.74, 6) is -1.47. The van der Waals surface area contributed by atoms with Crippen molar-refractivity contribution in [3.05, 3.63) is 135 Å². The molecule has 0 amide bonds. The summed E-state index contributed by atoms with van der Waals surface area (Å²) in [7, 11) is 1.35. The Kier molecular flexibility index (Phi) is 8.10. The van der Waals surface area contributed by atoms with Crippen LogP contribution in [0.4, 0.5) is 8.78 Å². The van der Waals surface area contributed by atoms with Gasteiger partial charge in [-0.25, -0.2) is 18.6 Å². The van der Waals surface area contributed by atoms with E-state index in [4.69, 9.17) is 32.9 Å². The number of imidazole rings is 1. The molecule has 0 saturated carbocycles. The van der Waals surface area contributed by atoms with Crippen LogP contribution in [-0.2, 0) is 11.3 Å². The lowest BCUT2D eigenvalue weighted by atomic mass is 10.0. The molecule has 0 aliphatic heterocycles. The van der Waals surface area contributed by atoms with E-state index in [9.17, 15) is 13.6 Å². The number of esters is 1. The summed E-state index contributed by atoms with van der Waals surface area (Å²) < 4.78 is 33.7. The van der Waals surface area contributed by atoms with Gasteiger partial charge in [-0.05, 0) is 70.8 Å². The van der Waals surface area contributed by atoms with Crippen LogP contribution >= 0.6 is 23.2 Å². The Balaban J connectivity index is 1.45. The van der Waals surface area contributed by atoms with Crippen molar-refractivity contribution >= 4 is 41.3 Å². The minimum atomic E-state index is -0.884. The SMILES string of the molecule is COC(=O)c1ccc(Cn2cc(-c3ccc(Cl)cc3Cl)nc2/C=C/c2ccc(-c3ccc(F)c(F)c3)cc2)cc1. The molecular formula is C32H22Cl2F2N2O2. The molecule has 4 aromatic carbocycles. The highest BCUT2D eigenvalue weighted by molar-refractivity contribution is 6.36. The van der Waals surface area contributed by atoms with Crippen molar-refractivity contribution in [1.29, 1.82) is 0 Å². The van der Waals surface area contributed by atoms with Crippen LogP contribution in [0.2, 0.25) is 10.0 Å². The normalized spacial score (nSPS) is 11.2. The molecule has 0 atom stereocenters. The molecule has 0 aliphatic carbocycles. The van der Waals surface area contributed by atoms with Gasteiger partial charge in [0.25, 0.3) is 0 Å². The lowest BCUT2D eigenvalue weighted by molar-refractivity contribution is 0.0600. The maximum absolute atomic E-state index is 13.7. The second-order valence-electron chi connectivity index (χ2n) is 9.01. The molecule has 0 unspecified atom stereocenters. The predicted octanol–water partition coefficient (Wildman–Crippen LogP) is 8.81. The van der Waals surface area contributed by atoms with Gasteiger partial charge in [-0.3, -0.25) is 0 Å².